The lowest BCUT2D eigenvalue weighted by Gasteiger charge is -2.03. The maximum Gasteiger partial charge on any atom is 0.123 e. The second kappa shape index (κ2) is 3.94. The van der Waals surface area contributed by atoms with Crippen molar-refractivity contribution in [2.75, 3.05) is 0 Å². The Morgan fingerprint density at radius 2 is 1.82 bits per heavy atom. The molecule has 0 spiro atoms. The molecule has 0 saturated heterocycles. The Morgan fingerprint density at radius 3 is 2.71 bits per heavy atom. The van der Waals surface area contributed by atoms with Crippen LogP contribution in [-0.4, -0.2) is 9.97 Å². The minimum atomic E-state index is -0.231. The van der Waals surface area contributed by atoms with Crippen LogP contribution in [0.5, 0.6) is 0 Å². The molecular weight excluding hydrogens is 215 g/mol. The fraction of sp³-hybridized carbons (Fsp3) is 0. The third-order valence-corrected chi connectivity index (χ3v) is 2.67. The molecule has 1 heterocycles. The standard InChI is InChI=1S/C14H9FN2/c15-13-3-1-2-10(6-13)11-4-5-12-8-16-9-17-14(12)7-11/h1-9H. The zero-order valence-electron chi connectivity index (χ0n) is 8.97. The predicted molar refractivity (Wildman–Crippen MR) is 64.9 cm³/mol. The highest BCUT2D eigenvalue weighted by molar-refractivity contribution is 5.83. The third kappa shape index (κ3) is 1.87. The van der Waals surface area contributed by atoms with Gasteiger partial charge in [0.25, 0.3) is 0 Å². The molecule has 0 aliphatic rings. The molecule has 17 heavy (non-hydrogen) atoms. The molecule has 3 aromatic rings. The van der Waals surface area contributed by atoms with Crippen LogP contribution < -0.4 is 0 Å². The molecule has 2 nitrogen and oxygen atoms in total. The van der Waals surface area contributed by atoms with Crippen LogP contribution in [0.3, 0.4) is 0 Å². The number of hydrogen-bond acceptors (Lipinski definition) is 2. The van der Waals surface area contributed by atoms with E-state index in [0.29, 0.717) is 0 Å². The summed E-state index contributed by atoms with van der Waals surface area (Å²) in [5.74, 6) is -0.231. The minimum absolute atomic E-state index is 0.231. The van der Waals surface area contributed by atoms with Gasteiger partial charge < -0.3 is 0 Å². The fourth-order valence-electron chi connectivity index (χ4n) is 1.82. The number of nitrogens with zero attached hydrogens (tertiary/aromatic N) is 2. The molecule has 0 amide bonds. The van der Waals surface area contributed by atoms with Crippen LogP contribution in [0, 0.1) is 5.82 Å². The molecule has 0 unspecified atom stereocenters. The van der Waals surface area contributed by atoms with Gasteiger partial charge in [-0.1, -0.05) is 24.3 Å². The zero-order valence-corrected chi connectivity index (χ0v) is 8.97. The van der Waals surface area contributed by atoms with E-state index in [4.69, 9.17) is 0 Å². The largest absolute Gasteiger partial charge is 0.244 e. The summed E-state index contributed by atoms with van der Waals surface area (Å²) in [4.78, 5) is 8.14. The summed E-state index contributed by atoms with van der Waals surface area (Å²) in [6.45, 7) is 0. The highest BCUT2D eigenvalue weighted by Gasteiger charge is 2.01. The van der Waals surface area contributed by atoms with Gasteiger partial charge in [-0.05, 0) is 29.3 Å². The maximum atomic E-state index is 13.1. The molecule has 82 valence electrons. The van der Waals surface area contributed by atoms with E-state index >= 15 is 0 Å². The van der Waals surface area contributed by atoms with Crippen LogP contribution in [0.25, 0.3) is 22.0 Å². The Labute approximate surface area is 97.8 Å². The SMILES string of the molecule is Fc1cccc(-c2ccc3cncnc3c2)c1. The Morgan fingerprint density at radius 1 is 0.941 bits per heavy atom. The van der Waals surface area contributed by atoms with Gasteiger partial charge in [-0.3, -0.25) is 0 Å². The van der Waals surface area contributed by atoms with E-state index in [1.54, 1.807) is 12.3 Å². The van der Waals surface area contributed by atoms with Gasteiger partial charge in [0.05, 0.1) is 5.52 Å². The first kappa shape index (κ1) is 9.90. The molecule has 1 aromatic heterocycles. The smallest absolute Gasteiger partial charge is 0.123 e. The number of rotatable bonds is 1. The number of fused-ring (bicyclic) bond motifs is 1. The molecule has 0 radical (unpaired) electrons. The molecule has 0 bridgehead atoms. The van der Waals surface area contributed by atoms with E-state index in [-0.39, 0.29) is 5.82 Å². The van der Waals surface area contributed by atoms with Gasteiger partial charge in [-0.15, -0.1) is 0 Å². The van der Waals surface area contributed by atoms with E-state index in [1.807, 2.05) is 24.3 Å². The first-order chi connectivity index (χ1) is 8.33. The number of benzene rings is 2. The maximum absolute atomic E-state index is 13.1. The van der Waals surface area contributed by atoms with Gasteiger partial charge in [0.1, 0.15) is 12.1 Å². The Kier molecular flexibility index (Phi) is 2.29. The Hall–Kier alpha value is -2.29. The van der Waals surface area contributed by atoms with Crippen LogP contribution in [0.1, 0.15) is 0 Å². The first-order valence-corrected chi connectivity index (χ1v) is 5.29. The predicted octanol–water partition coefficient (Wildman–Crippen LogP) is 3.44. The average Bonchev–Trinajstić information content (AvgIpc) is 2.38. The van der Waals surface area contributed by atoms with Gasteiger partial charge >= 0.3 is 0 Å². The van der Waals surface area contributed by atoms with Crippen molar-refractivity contribution in [3.05, 3.63) is 60.8 Å². The second-order valence-corrected chi connectivity index (χ2v) is 3.81. The highest BCUT2D eigenvalue weighted by atomic mass is 19.1. The summed E-state index contributed by atoms with van der Waals surface area (Å²) in [7, 11) is 0. The van der Waals surface area contributed by atoms with Crippen molar-refractivity contribution in [1.29, 1.82) is 0 Å². The van der Waals surface area contributed by atoms with Gasteiger partial charge in [0.15, 0.2) is 0 Å². The number of aromatic nitrogens is 2. The van der Waals surface area contributed by atoms with E-state index in [0.717, 1.165) is 22.0 Å². The molecule has 0 aliphatic heterocycles. The van der Waals surface area contributed by atoms with E-state index in [2.05, 4.69) is 9.97 Å². The number of hydrogen-bond donors (Lipinski definition) is 0. The van der Waals surface area contributed by atoms with Crippen molar-refractivity contribution in [3.63, 3.8) is 0 Å². The normalized spacial score (nSPS) is 10.6. The van der Waals surface area contributed by atoms with Crippen molar-refractivity contribution in [2.24, 2.45) is 0 Å². The summed E-state index contributed by atoms with van der Waals surface area (Å²) in [5, 5.41) is 0.979. The molecule has 2 aromatic carbocycles. The third-order valence-electron chi connectivity index (χ3n) is 2.67. The van der Waals surface area contributed by atoms with Crippen molar-refractivity contribution >= 4 is 10.9 Å². The van der Waals surface area contributed by atoms with Crippen molar-refractivity contribution in [3.8, 4) is 11.1 Å². The van der Waals surface area contributed by atoms with Crippen LogP contribution in [-0.2, 0) is 0 Å². The molecule has 0 N–H and O–H groups in total. The number of halogens is 1. The lowest BCUT2D eigenvalue weighted by Crippen LogP contribution is -1.84. The lowest BCUT2D eigenvalue weighted by molar-refractivity contribution is 0.628. The molecule has 3 heteroatoms. The lowest BCUT2D eigenvalue weighted by atomic mass is 10.0. The molecule has 0 saturated carbocycles. The molecule has 0 fully saturated rings. The summed E-state index contributed by atoms with van der Waals surface area (Å²) in [6, 6.07) is 12.4. The Bertz CT molecular complexity index is 680. The fourth-order valence-corrected chi connectivity index (χ4v) is 1.82. The average molecular weight is 224 g/mol. The van der Waals surface area contributed by atoms with Crippen molar-refractivity contribution < 1.29 is 4.39 Å². The summed E-state index contributed by atoms with van der Waals surface area (Å²) < 4.78 is 13.1. The topological polar surface area (TPSA) is 25.8 Å². The molecule has 3 rings (SSSR count). The van der Waals surface area contributed by atoms with Crippen LogP contribution in [0.2, 0.25) is 0 Å². The zero-order chi connectivity index (χ0) is 11.7. The van der Waals surface area contributed by atoms with E-state index in [9.17, 15) is 4.39 Å². The summed E-state index contributed by atoms with van der Waals surface area (Å²) in [6.07, 6.45) is 3.27. The van der Waals surface area contributed by atoms with Gasteiger partial charge in [0, 0.05) is 11.6 Å². The van der Waals surface area contributed by atoms with E-state index in [1.165, 1.54) is 18.5 Å². The second-order valence-electron chi connectivity index (χ2n) is 3.81. The van der Waals surface area contributed by atoms with Crippen LogP contribution in [0.15, 0.2) is 55.0 Å². The van der Waals surface area contributed by atoms with Crippen molar-refractivity contribution in [1.82, 2.24) is 9.97 Å². The van der Waals surface area contributed by atoms with Crippen molar-refractivity contribution in [2.45, 2.75) is 0 Å². The Balaban J connectivity index is 2.18. The van der Waals surface area contributed by atoms with Crippen LogP contribution in [0.4, 0.5) is 4.39 Å². The van der Waals surface area contributed by atoms with E-state index < -0.39 is 0 Å². The summed E-state index contributed by atoms with van der Waals surface area (Å²) in [5.41, 5.74) is 2.67. The highest BCUT2D eigenvalue weighted by Crippen LogP contribution is 2.23. The molecular formula is C14H9FN2. The minimum Gasteiger partial charge on any atom is -0.244 e. The first-order valence-electron chi connectivity index (χ1n) is 5.29. The molecule has 0 atom stereocenters. The monoisotopic (exact) mass is 224 g/mol. The quantitative estimate of drug-likeness (QED) is 0.632. The molecule has 0 aliphatic carbocycles. The van der Waals surface area contributed by atoms with Gasteiger partial charge in [0.2, 0.25) is 0 Å². The van der Waals surface area contributed by atoms with Gasteiger partial charge in [-0.25, -0.2) is 14.4 Å². The van der Waals surface area contributed by atoms with Crippen LogP contribution >= 0.6 is 0 Å². The summed E-state index contributed by atoms with van der Waals surface area (Å²) >= 11 is 0. The van der Waals surface area contributed by atoms with Gasteiger partial charge in [-0.2, -0.15) is 0 Å².